The van der Waals surface area contributed by atoms with E-state index in [1.54, 1.807) is 18.5 Å². The molecule has 17 heavy (non-hydrogen) atoms. The molecule has 0 aromatic carbocycles. The molecule has 0 aliphatic carbocycles. The summed E-state index contributed by atoms with van der Waals surface area (Å²) in [5, 5.41) is 0. The van der Waals surface area contributed by atoms with Gasteiger partial charge in [0.2, 0.25) is 0 Å². The van der Waals surface area contributed by atoms with E-state index in [4.69, 9.17) is 0 Å². The molecule has 0 aliphatic rings. The zero-order valence-electron chi connectivity index (χ0n) is 13.4. The Morgan fingerprint density at radius 1 is 0.588 bits per heavy atom. The Morgan fingerprint density at radius 2 is 0.882 bits per heavy atom. The van der Waals surface area contributed by atoms with E-state index in [2.05, 4.69) is 40.8 Å². The predicted molar refractivity (Wildman–Crippen MR) is 93.7 cm³/mol. The molecule has 0 atom stereocenters. The average molecular weight is 280 g/mol. The molecule has 0 unspecified atom stereocenters. The van der Waals surface area contributed by atoms with E-state index in [9.17, 15) is 0 Å². The van der Waals surface area contributed by atoms with Crippen LogP contribution in [0.5, 0.6) is 0 Å². The fraction of sp³-hybridized carbons (Fsp3) is 1.00. The van der Waals surface area contributed by atoms with Crippen molar-refractivity contribution in [3.63, 3.8) is 0 Å². The zero-order valence-corrected chi connectivity index (χ0v) is 15.4. The van der Waals surface area contributed by atoms with Gasteiger partial charge in [0.1, 0.15) is 0 Å². The standard InChI is InChI=1S/C15H38P2/c1-7-10-13-17(14-11-8-2,15-12-9-3)16(4,5)6/h16-17H,7-15H2,1-6H3. The van der Waals surface area contributed by atoms with E-state index in [1.165, 1.54) is 38.5 Å². The normalized spacial score (nSPS) is 14.9. The predicted octanol–water partition coefficient (Wildman–Crippen LogP) is 5.69. The third kappa shape index (κ3) is 6.02. The zero-order chi connectivity index (χ0) is 13.4. The van der Waals surface area contributed by atoms with Crippen molar-refractivity contribution in [3.05, 3.63) is 0 Å². The summed E-state index contributed by atoms with van der Waals surface area (Å²) in [7, 11) is 0. The van der Waals surface area contributed by atoms with Gasteiger partial charge in [-0.1, -0.05) is 0 Å². The van der Waals surface area contributed by atoms with Gasteiger partial charge >= 0.3 is 112 Å². The number of hydrogen-bond donors (Lipinski definition) is 0. The van der Waals surface area contributed by atoms with Crippen molar-refractivity contribution in [1.29, 1.82) is 0 Å². The molecule has 0 saturated heterocycles. The van der Waals surface area contributed by atoms with Crippen molar-refractivity contribution in [1.82, 2.24) is 0 Å². The molecule has 0 spiro atoms. The molecule has 0 saturated carbocycles. The first-order chi connectivity index (χ1) is 7.93. The van der Waals surface area contributed by atoms with Gasteiger partial charge in [-0.05, 0) is 0 Å². The van der Waals surface area contributed by atoms with Crippen molar-refractivity contribution in [2.75, 3.05) is 38.5 Å². The van der Waals surface area contributed by atoms with Gasteiger partial charge in [-0.3, -0.25) is 0 Å². The fourth-order valence-electron chi connectivity index (χ4n) is 3.05. The Hall–Kier alpha value is 0.860. The van der Waals surface area contributed by atoms with Crippen LogP contribution in [0.1, 0.15) is 59.3 Å². The summed E-state index contributed by atoms with van der Waals surface area (Å²) in [6.07, 6.45) is 13.6. The van der Waals surface area contributed by atoms with Crippen LogP contribution in [-0.2, 0) is 0 Å². The first-order valence-corrected chi connectivity index (χ1v) is 15.1. The average Bonchev–Trinajstić information content (AvgIpc) is 2.27. The molecule has 0 aromatic rings. The van der Waals surface area contributed by atoms with Crippen molar-refractivity contribution >= 4 is 13.9 Å². The molecule has 0 aromatic heterocycles. The molecular weight excluding hydrogens is 242 g/mol. The second-order valence-corrected chi connectivity index (χ2v) is 23.1. The number of unbranched alkanes of at least 4 members (excludes halogenated alkanes) is 3. The van der Waals surface area contributed by atoms with Crippen LogP contribution in [0, 0.1) is 0 Å². The summed E-state index contributed by atoms with van der Waals surface area (Å²) in [6.45, 7) is 13.3. The summed E-state index contributed by atoms with van der Waals surface area (Å²) in [4.78, 5) is 0. The van der Waals surface area contributed by atoms with Crippen LogP contribution in [0.3, 0.4) is 0 Å². The van der Waals surface area contributed by atoms with E-state index < -0.39 is 13.9 Å². The summed E-state index contributed by atoms with van der Waals surface area (Å²) >= 11 is 0. The Balaban J connectivity index is 4.78. The van der Waals surface area contributed by atoms with Crippen LogP contribution in [0.25, 0.3) is 0 Å². The second kappa shape index (κ2) is 8.87. The quantitative estimate of drug-likeness (QED) is 0.451. The molecule has 0 bridgehead atoms. The Labute approximate surface area is 112 Å². The van der Waals surface area contributed by atoms with Gasteiger partial charge in [-0.2, -0.15) is 0 Å². The minimum atomic E-state index is -0.921. The van der Waals surface area contributed by atoms with E-state index in [1.807, 2.05) is 0 Å². The monoisotopic (exact) mass is 280 g/mol. The molecule has 0 aliphatic heterocycles. The van der Waals surface area contributed by atoms with Crippen molar-refractivity contribution in [3.8, 4) is 0 Å². The van der Waals surface area contributed by atoms with Gasteiger partial charge in [-0.25, -0.2) is 0 Å². The molecule has 0 heterocycles. The molecule has 2 heteroatoms. The van der Waals surface area contributed by atoms with E-state index in [-0.39, 0.29) is 0 Å². The van der Waals surface area contributed by atoms with Gasteiger partial charge in [-0.15, -0.1) is 0 Å². The van der Waals surface area contributed by atoms with Crippen LogP contribution in [0.4, 0.5) is 0 Å². The first kappa shape index (κ1) is 17.9. The van der Waals surface area contributed by atoms with Crippen molar-refractivity contribution in [2.24, 2.45) is 0 Å². The van der Waals surface area contributed by atoms with E-state index >= 15 is 0 Å². The van der Waals surface area contributed by atoms with Gasteiger partial charge in [0.25, 0.3) is 0 Å². The number of rotatable bonds is 10. The van der Waals surface area contributed by atoms with E-state index in [0.717, 1.165) is 0 Å². The summed E-state index contributed by atoms with van der Waals surface area (Å²) in [6, 6.07) is 0. The molecular formula is C15H38P2. The topological polar surface area (TPSA) is 0 Å². The third-order valence-electron chi connectivity index (χ3n) is 4.62. The minimum absolute atomic E-state index is 0.910. The van der Waals surface area contributed by atoms with Crippen LogP contribution < -0.4 is 0 Å². The van der Waals surface area contributed by atoms with Crippen LogP contribution >= 0.6 is 13.9 Å². The number of hydrogen-bond acceptors (Lipinski definition) is 0. The van der Waals surface area contributed by atoms with Crippen molar-refractivity contribution in [2.45, 2.75) is 59.3 Å². The van der Waals surface area contributed by atoms with E-state index in [0.29, 0.717) is 0 Å². The van der Waals surface area contributed by atoms with Crippen LogP contribution in [-0.4, -0.2) is 38.5 Å². The Bertz CT molecular complexity index is 160. The van der Waals surface area contributed by atoms with Gasteiger partial charge in [0, 0.05) is 0 Å². The first-order valence-electron chi connectivity index (χ1n) is 7.93. The van der Waals surface area contributed by atoms with Crippen LogP contribution in [0.2, 0.25) is 0 Å². The third-order valence-corrected chi connectivity index (χ3v) is 23.5. The maximum absolute atomic E-state index is 2.67. The summed E-state index contributed by atoms with van der Waals surface area (Å²) < 4.78 is 0. The molecule has 108 valence electrons. The Morgan fingerprint density at radius 3 is 1.06 bits per heavy atom. The maximum atomic E-state index is 2.67. The van der Waals surface area contributed by atoms with Gasteiger partial charge in [0.05, 0.1) is 0 Å². The fourth-order valence-corrected chi connectivity index (χ4v) is 17.5. The molecule has 0 fully saturated rings. The molecule has 0 N–H and O–H groups in total. The second-order valence-electron chi connectivity index (χ2n) is 6.84. The Kier molecular flexibility index (Phi) is 9.32. The van der Waals surface area contributed by atoms with Gasteiger partial charge < -0.3 is 0 Å². The summed E-state index contributed by atoms with van der Waals surface area (Å²) in [5.41, 5.74) is 0. The SMILES string of the molecule is CCCC[PH](CCCC)(CCCC)[PH](C)(C)C. The molecule has 0 rings (SSSR count). The summed E-state index contributed by atoms with van der Waals surface area (Å²) in [5.74, 6) is 0. The van der Waals surface area contributed by atoms with Crippen LogP contribution in [0.15, 0.2) is 0 Å². The molecule has 0 radical (unpaired) electrons. The van der Waals surface area contributed by atoms with Gasteiger partial charge in [0.15, 0.2) is 0 Å². The molecule has 0 amide bonds. The van der Waals surface area contributed by atoms with Crippen molar-refractivity contribution < 1.29 is 0 Å². The molecule has 0 nitrogen and oxygen atoms in total.